The van der Waals surface area contributed by atoms with E-state index >= 15 is 0 Å². The Labute approximate surface area is 269 Å². The van der Waals surface area contributed by atoms with Crippen LogP contribution in [-0.2, 0) is 27.4 Å². The Morgan fingerprint density at radius 2 is 1.74 bits per heavy atom. The first-order chi connectivity index (χ1) is 19.9. The number of nitrogens with one attached hydrogen (secondary N) is 3. The first kappa shape index (κ1) is 32.7. The van der Waals surface area contributed by atoms with Crippen LogP contribution in [-0.4, -0.2) is 41.4 Å². The second kappa shape index (κ2) is 16.6. The molecule has 12 heteroatoms. The van der Waals surface area contributed by atoms with Crippen molar-refractivity contribution >= 4 is 51.0 Å². The number of carbonyl (C=O) groups excluding carboxylic acids is 4. The van der Waals surface area contributed by atoms with Gasteiger partial charge in [0.2, 0.25) is 5.91 Å². The summed E-state index contributed by atoms with van der Waals surface area (Å²) in [5.74, 6) is -2.04. The molecule has 4 rings (SSSR count). The van der Waals surface area contributed by atoms with Crippen molar-refractivity contribution in [3.05, 3.63) is 95.1 Å². The number of hydrogen-bond donors (Lipinski definition) is 3. The van der Waals surface area contributed by atoms with Gasteiger partial charge in [-0.25, -0.2) is 4.79 Å². The Morgan fingerprint density at radius 1 is 0.976 bits per heavy atom. The van der Waals surface area contributed by atoms with E-state index < -0.39 is 24.0 Å². The average Bonchev–Trinajstić information content (AvgIpc) is 3.42. The number of carbonyl (C=O) groups is 4. The maximum absolute atomic E-state index is 13.4. The number of amides is 3. The van der Waals surface area contributed by atoms with Crippen LogP contribution in [0.1, 0.15) is 40.2 Å². The Morgan fingerprint density at radius 3 is 2.50 bits per heavy atom. The average molecular weight is 597 g/mol. The molecule has 10 nitrogen and oxygen atoms in total. The quantitative estimate of drug-likeness (QED) is 0.150. The van der Waals surface area contributed by atoms with E-state index in [0.29, 0.717) is 28.2 Å². The first-order valence-electron chi connectivity index (χ1n) is 13.1. The van der Waals surface area contributed by atoms with Crippen LogP contribution in [0, 0.1) is 0 Å². The summed E-state index contributed by atoms with van der Waals surface area (Å²) in [4.78, 5) is 54.1. The van der Waals surface area contributed by atoms with Gasteiger partial charge in [0.25, 0.3) is 5.91 Å². The van der Waals surface area contributed by atoms with Crippen LogP contribution in [0.15, 0.2) is 79.0 Å². The third kappa shape index (κ3) is 9.95. The zero-order chi connectivity index (χ0) is 29.0. The molecule has 1 atom stereocenters. The molecule has 3 N–H and O–H groups in total. The van der Waals surface area contributed by atoms with E-state index in [1.165, 1.54) is 11.3 Å². The zero-order valence-electron chi connectivity index (χ0n) is 23.1. The van der Waals surface area contributed by atoms with Gasteiger partial charge in [0.1, 0.15) is 12.6 Å². The number of benzene rings is 2. The van der Waals surface area contributed by atoms with Gasteiger partial charge < -0.3 is 30.6 Å². The number of para-hydroxylation sites is 1. The van der Waals surface area contributed by atoms with Gasteiger partial charge >= 0.3 is 35.7 Å². The summed E-state index contributed by atoms with van der Waals surface area (Å²) >= 11 is 1.33. The number of aliphatic carboxylic acids is 1. The van der Waals surface area contributed by atoms with Crippen molar-refractivity contribution in [2.75, 3.05) is 11.9 Å². The number of thiophene rings is 1. The zero-order valence-corrected chi connectivity index (χ0v) is 25.9. The van der Waals surface area contributed by atoms with Crippen molar-refractivity contribution in [1.29, 1.82) is 0 Å². The number of rotatable bonds is 13. The molecule has 4 aromatic rings. The van der Waals surface area contributed by atoms with Crippen LogP contribution < -0.4 is 50.6 Å². The van der Waals surface area contributed by atoms with Gasteiger partial charge in [-0.05, 0) is 67.0 Å². The number of aryl methyl sites for hydroxylation is 1. The third-order valence-corrected chi connectivity index (χ3v) is 7.28. The Balaban J connectivity index is 0.00000484. The van der Waals surface area contributed by atoms with Crippen molar-refractivity contribution in [3.63, 3.8) is 0 Å². The van der Waals surface area contributed by atoms with Gasteiger partial charge in [-0.1, -0.05) is 42.5 Å². The summed E-state index contributed by atoms with van der Waals surface area (Å²) in [5.41, 5.74) is 1.70. The predicted octanol–water partition coefficient (Wildman–Crippen LogP) is 0.427. The van der Waals surface area contributed by atoms with E-state index in [-0.39, 0.29) is 67.9 Å². The van der Waals surface area contributed by atoms with Crippen molar-refractivity contribution < 1.29 is 58.6 Å². The van der Waals surface area contributed by atoms with E-state index in [2.05, 4.69) is 20.9 Å². The van der Waals surface area contributed by atoms with Crippen molar-refractivity contribution in [2.24, 2.45) is 0 Å². The number of pyridine rings is 1. The Bertz CT molecular complexity index is 1480. The second-order valence-corrected chi connectivity index (χ2v) is 10.2. The first-order valence-corrected chi connectivity index (χ1v) is 13.9. The van der Waals surface area contributed by atoms with Gasteiger partial charge in [0.05, 0.1) is 10.6 Å². The topological polar surface area (TPSA) is 150 Å². The summed E-state index contributed by atoms with van der Waals surface area (Å²) in [6.07, 6.45) is 1.58. The van der Waals surface area contributed by atoms with Gasteiger partial charge in [0.15, 0.2) is 0 Å². The Hall–Kier alpha value is -3.77. The molecular formula is C30H29N4NaO6S. The number of nitrogens with zero attached hydrogens (tertiary/aromatic N) is 1. The fraction of sp³-hybridized carbons (Fsp3) is 0.233. The summed E-state index contributed by atoms with van der Waals surface area (Å²) in [6, 6.07) is 20.6. The van der Waals surface area contributed by atoms with Crippen molar-refractivity contribution in [3.8, 4) is 0 Å². The third-order valence-electron chi connectivity index (χ3n) is 6.16. The van der Waals surface area contributed by atoms with Crippen LogP contribution in [0.2, 0.25) is 0 Å². The molecule has 3 amide bonds. The molecule has 1 unspecified atom stereocenters. The second-order valence-electron chi connectivity index (χ2n) is 9.16. The molecule has 0 saturated carbocycles. The maximum Gasteiger partial charge on any atom is 1.00 e. The standard InChI is InChI=1S/C30H30N4O6S.Na/c35-27(36)15-14-20-8-1-3-11-23(20)33-28(37)24(34-29(38)26-18-21-9-2-4-13-25(21)41-26)12-7-17-32-30(39)40-19-22-10-5-6-16-31-22;/h1-6,8-11,13,16,18,24H,7,12,14-15,17,19H2,(H,32,39)(H,33,37)(H,34,38)(H,35,36);/q;+1/p-1. The van der Waals surface area contributed by atoms with E-state index in [4.69, 9.17) is 4.74 Å². The van der Waals surface area contributed by atoms with E-state index in [0.717, 1.165) is 10.1 Å². The number of carboxylic acid groups (broad SMARTS) is 1. The molecule has 2 aromatic carbocycles. The summed E-state index contributed by atoms with van der Waals surface area (Å²) in [7, 11) is 0. The molecule has 2 aromatic heterocycles. The summed E-state index contributed by atoms with van der Waals surface area (Å²) in [5, 5.41) is 20.2. The summed E-state index contributed by atoms with van der Waals surface area (Å²) in [6.45, 7) is 0.242. The Kier molecular flexibility index (Phi) is 13.0. The van der Waals surface area contributed by atoms with Gasteiger partial charge in [-0.15, -0.1) is 11.3 Å². The molecule has 212 valence electrons. The normalized spacial score (nSPS) is 11.1. The van der Waals surface area contributed by atoms with E-state index in [1.807, 2.05) is 24.3 Å². The number of fused-ring (bicyclic) bond motifs is 1. The van der Waals surface area contributed by atoms with Crippen LogP contribution in [0.4, 0.5) is 10.5 Å². The minimum atomic E-state index is -1.19. The minimum Gasteiger partial charge on any atom is -0.550 e. The number of anilines is 1. The predicted molar refractivity (Wildman–Crippen MR) is 153 cm³/mol. The number of aromatic nitrogens is 1. The van der Waals surface area contributed by atoms with Gasteiger partial charge in [-0.3, -0.25) is 14.6 Å². The number of carboxylic acids is 1. The summed E-state index contributed by atoms with van der Waals surface area (Å²) < 4.78 is 6.11. The molecule has 0 radical (unpaired) electrons. The fourth-order valence-corrected chi connectivity index (χ4v) is 5.05. The number of hydrogen-bond acceptors (Lipinski definition) is 8. The maximum atomic E-state index is 13.4. The number of alkyl carbamates (subject to hydrolysis) is 1. The molecule has 0 saturated heterocycles. The van der Waals surface area contributed by atoms with E-state index in [1.54, 1.807) is 54.7 Å². The minimum absolute atomic E-state index is 0. The van der Waals surface area contributed by atoms with Crippen LogP contribution >= 0.6 is 11.3 Å². The SMILES string of the molecule is O=C([O-])CCc1ccccc1NC(=O)C(CCCNC(=O)OCc1ccccn1)NC(=O)c1cc2ccccc2s1.[Na+]. The molecule has 0 aliphatic rings. The van der Waals surface area contributed by atoms with Crippen molar-refractivity contribution in [2.45, 2.75) is 38.3 Å². The smallest absolute Gasteiger partial charge is 0.550 e. The van der Waals surface area contributed by atoms with Crippen LogP contribution in [0.5, 0.6) is 0 Å². The molecule has 0 spiro atoms. The monoisotopic (exact) mass is 596 g/mol. The molecule has 0 bridgehead atoms. The van der Waals surface area contributed by atoms with E-state index in [9.17, 15) is 24.3 Å². The fourth-order valence-electron chi connectivity index (χ4n) is 4.08. The van der Waals surface area contributed by atoms with Crippen LogP contribution in [0.25, 0.3) is 10.1 Å². The van der Waals surface area contributed by atoms with Crippen molar-refractivity contribution in [1.82, 2.24) is 15.6 Å². The largest absolute Gasteiger partial charge is 1.00 e. The van der Waals surface area contributed by atoms with Gasteiger partial charge in [0, 0.05) is 29.1 Å². The molecule has 2 heterocycles. The number of ether oxygens (including phenoxy) is 1. The molecule has 42 heavy (non-hydrogen) atoms. The molecule has 0 aliphatic heterocycles. The molecule has 0 aliphatic carbocycles. The van der Waals surface area contributed by atoms with Crippen LogP contribution in [0.3, 0.4) is 0 Å². The molecule has 0 fully saturated rings. The van der Waals surface area contributed by atoms with Gasteiger partial charge in [-0.2, -0.15) is 0 Å². The molecular weight excluding hydrogens is 567 g/mol.